The van der Waals surface area contributed by atoms with Crippen LogP contribution in [0.4, 0.5) is 5.82 Å². The number of nitrogens with zero attached hydrogens (tertiary/aromatic N) is 4. The topological polar surface area (TPSA) is 106 Å². The Labute approximate surface area is 257 Å². The third-order valence-electron chi connectivity index (χ3n) is 8.53. The maximum atomic E-state index is 12.9. The van der Waals surface area contributed by atoms with Crippen molar-refractivity contribution in [2.75, 3.05) is 25.0 Å². The summed E-state index contributed by atoms with van der Waals surface area (Å²) >= 11 is 7.57. The van der Waals surface area contributed by atoms with Crippen LogP contribution in [0.15, 0.2) is 47.6 Å². The first-order valence-electron chi connectivity index (χ1n) is 15.1. The lowest BCUT2D eigenvalue weighted by molar-refractivity contribution is 0.0984. The van der Waals surface area contributed by atoms with E-state index in [1.165, 1.54) is 32.1 Å². The molecule has 1 atom stereocenters. The summed E-state index contributed by atoms with van der Waals surface area (Å²) in [5, 5.41) is 12.3. The number of rotatable bonds is 14. The molecule has 3 aliphatic rings. The molecule has 2 saturated carbocycles. The highest BCUT2D eigenvalue weighted by Gasteiger charge is 2.41. The molecule has 4 heterocycles. The zero-order valence-corrected chi connectivity index (χ0v) is 25.9. The third-order valence-corrected chi connectivity index (χ3v) is 9.55. The van der Waals surface area contributed by atoms with Crippen LogP contribution in [0.5, 0.6) is 5.88 Å². The monoisotopic (exact) mass is 609 g/mol. The molecule has 1 amide bonds. The first kappa shape index (κ1) is 29.3. The van der Waals surface area contributed by atoms with E-state index < -0.39 is 0 Å². The number of aromatic nitrogens is 4. The average Bonchev–Trinajstić information content (AvgIpc) is 3.91. The minimum atomic E-state index is -0.342. The van der Waals surface area contributed by atoms with Gasteiger partial charge < -0.3 is 15.4 Å². The Hall–Kier alpha value is -2.82. The van der Waals surface area contributed by atoms with Gasteiger partial charge in [0.15, 0.2) is 5.82 Å². The fourth-order valence-electron chi connectivity index (χ4n) is 6.06. The quantitative estimate of drug-likeness (QED) is 0.148. The zero-order valence-electron chi connectivity index (χ0n) is 24.3. The number of pyridine rings is 2. The minimum absolute atomic E-state index is 0.105. The first-order chi connectivity index (χ1) is 20.3. The molecule has 3 N–H and O–H groups in total. The van der Waals surface area contributed by atoms with E-state index in [0.717, 1.165) is 61.5 Å². The highest BCUT2D eigenvalue weighted by atomic mass is 35.5. The lowest BCUT2D eigenvalue weighted by Gasteiger charge is -2.17. The fourth-order valence-corrected chi connectivity index (χ4v) is 6.89. The molecule has 0 aromatic carbocycles. The largest absolute Gasteiger partial charge is 0.477 e. The van der Waals surface area contributed by atoms with Gasteiger partial charge in [0.25, 0.3) is 5.91 Å². The van der Waals surface area contributed by atoms with E-state index in [4.69, 9.17) is 16.3 Å². The average molecular weight is 610 g/mol. The molecule has 0 spiro atoms. The molecular weight excluding hydrogens is 570 g/mol. The van der Waals surface area contributed by atoms with Crippen LogP contribution in [-0.2, 0) is 0 Å². The van der Waals surface area contributed by atoms with E-state index in [1.54, 1.807) is 23.0 Å². The molecule has 2 aliphatic carbocycles. The van der Waals surface area contributed by atoms with E-state index in [2.05, 4.69) is 44.3 Å². The molecule has 42 heavy (non-hydrogen) atoms. The van der Waals surface area contributed by atoms with E-state index >= 15 is 0 Å². The van der Waals surface area contributed by atoms with Crippen molar-refractivity contribution in [3.05, 3.63) is 53.3 Å². The number of ether oxygens (including phenoxy) is 1. The number of carbonyl (C=O) groups is 1. The summed E-state index contributed by atoms with van der Waals surface area (Å²) in [4.78, 5) is 21.9. The number of amides is 1. The number of halogens is 1. The smallest absolute Gasteiger partial charge is 0.264 e. The second-order valence-electron chi connectivity index (χ2n) is 12.5. The van der Waals surface area contributed by atoms with Crippen LogP contribution >= 0.6 is 23.5 Å². The van der Waals surface area contributed by atoms with Gasteiger partial charge in [-0.3, -0.25) is 9.52 Å². The van der Waals surface area contributed by atoms with Crippen LogP contribution in [0, 0.1) is 23.7 Å². The van der Waals surface area contributed by atoms with Gasteiger partial charge >= 0.3 is 0 Å². The van der Waals surface area contributed by atoms with Crippen molar-refractivity contribution in [2.45, 2.75) is 69.4 Å². The second-order valence-corrected chi connectivity index (χ2v) is 13.7. The van der Waals surface area contributed by atoms with E-state index in [0.29, 0.717) is 29.2 Å². The van der Waals surface area contributed by atoms with Gasteiger partial charge in [-0.05, 0) is 113 Å². The molecule has 3 aromatic heterocycles. The zero-order chi connectivity index (χ0) is 29.1. The Morgan fingerprint density at radius 1 is 1.17 bits per heavy atom. The number of carbonyl (C=O) groups excluding carboxylic acids is 1. The summed E-state index contributed by atoms with van der Waals surface area (Å²) in [6.45, 7) is 7.10. The van der Waals surface area contributed by atoms with Crippen LogP contribution in [0.2, 0.25) is 5.15 Å². The Kier molecular flexibility index (Phi) is 8.93. The number of hydrogen-bond donors (Lipinski definition) is 3. The van der Waals surface area contributed by atoms with Gasteiger partial charge in [-0.25, -0.2) is 14.6 Å². The van der Waals surface area contributed by atoms with Crippen LogP contribution in [0.25, 0.3) is 5.82 Å². The molecule has 1 aliphatic heterocycles. The lowest BCUT2D eigenvalue weighted by atomic mass is 9.95. The number of anilines is 1. The van der Waals surface area contributed by atoms with Crippen molar-refractivity contribution in [3.8, 4) is 11.7 Å². The molecule has 6 rings (SSSR count). The van der Waals surface area contributed by atoms with Gasteiger partial charge in [0.05, 0.1) is 12.2 Å². The van der Waals surface area contributed by atoms with Crippen molar-refractivity contribution in [3.63, 3.8) is 0 Å². The number of nitrogens with one attached hydrogen (secondary N) is 3. The maximum Gasteiger partial charge on any atom is 0.264 e. The van der Waals surface area contributed by atoms with Crippen LogP contribution in [0.1, 0.15) is 69.2 Å². The Bertz CT molecular complexity index is 1380. The lowest BCUT2D eigenvalue weighted by Crippen LogP contribution is -2.31. The van der Waals surface area contributed by atoms with Gasteiger partial charge in [-0.15, -0.1) is 5.10 Å². The minimum Gasteiger partial charge on any atom is -0.477 e. The van der Waals surface area contributed by atoms with Gasteiger partial charge in [-0.2, -0.15) is 0 Å². The maximum absolute atomic E-state index is 12.9. The third kappa shape index (κ3) is 7.76. The summed E-state index contributed by atoms with van der Waals surface area (Å²) in [5.41, 5.74) is 0.506. The van der Waals surface area contributed by atoms with Gasteiger partial charge in [0.1, 0.15) is 16.0 Å². The fraction of sp³-hybridized carbons (Fsp3) is 0.548. The van der Waals surface area contributed by atoms with Gasteiger partial charge in [0.2, 0.25) is 5.88 Å². The predicted molar refractivity (Wildman–Crippen MR) is 166 cm³/mol. The second kappa shape index (κ2) is 12.8. The summed E-state index contributed by atoms with van der Waals surface area (Å²) in [6, 6.07) is 10.9. The summed E-state index contributed by atoms with van der Waals surface area (Å²) in [6.07, 6.45) is 10.7. The standard InChI is InChI=1S/C31H40ClN7O2S/c1-31(2)18-20(19-34-31)12-15-33-25-4-3-5-28(35-25)42-38-30(40)24-10-11-26(36-29(24)32)39-16-13-27(37-39)41-17-14-23(21-6-7-21)22-8-9-22/h3-5,10-11,13,16,20-23,34H,6-9,12,14-15,17-19H2,1-2H3,(H,33,35)(H,38,40). The molecule has 3 aromatic rings. The molecule has 224 valence electrons. The molecule has 0 radical (unpaired) electrons. The summed E-state index contributed by atoms with van der Waals surface area (Å²) < 4.78 is 10.4. The summed E-state index contributed by atoms with van der Waals surface area (Å²) in [7, 11) is 0. The molecule has 1 saturated heterocycles. The highest BCUT2D eigenvalue weighted by molar-refractivity contribution is 7.97. The van der Waals surface area contributed by atoms with Crippen molar-refractivity contribution < 1.29 is 9.53 Å². The van der Waals surface area contributed by atoms with Crippen molar-refractivity contribution in [1.29, 1.82) is 0 Å². The van der Waals surface area contributed by atoms with Crippen molar-refractivity contribution >= 4 is 35.3 Å². The molecule has 0 bridgehead atoms. The van der Waals surface area contributed by atoms with Gasteiger partial charge in [-0.1, -0.05) is 17.7 Å². The normalized spacial score (nSPS) is 19.7. The van der Waals surface area contributed by atoms with Crippen molar-refractivity contribution in [1.82, 2.24) is 29.8 Å². The SMILES string of the molecule is CC1(C)CC(CCNc2cccc(SNC(=O)c3ccc(-n4ccc(OCCC(C5CC5)C5CC5)n4)nc3Cl)n2)CN1. The Morgan fingerprint density at radius 2 is 1.98 bits per heavy atom. The van der Waals surface area contributed by atoms with Gasteiger partial charge in [0, 0.05) is 36.3 Å². The Balaban J connectivity index is 0.968. The number of hydrogen-bond acceptors (Lipinski definition) is 8. The molecule has 11 heteroatoms. The van der Waals surface area contributed by atoms with E-state index in [1.807, 2.05) is 24.3 Å². The molecule has 1 unspecified atom stereocenters. The molecular formula is C31H40ClN7O2S. The van der Waals surface area contributed by atoms with Crippen molar-refractivity contribution in [2.24, 2.45) is 23.7 Å². The summed E-state index contributed by atoms with van der Waals surface area (Å²) in [5.74, 6) is 4.85. The molecule has 9 nitrogen and oxygen atoms in total. The van der Waals surface area contributed by atoms with Crippen LogP contribution in [-0.4, -0.2) is 50.9 Å². The van der Waals surface area contributed by atoms with E-state index in [-0.39, 0.29) is 22.2 Å². The Morgan fingerprint density at radius 3 is 2.69 bits per heavy atom. The predicted octanol–water partition coefficient (Wildman–Crippen LogP) is 6.15. The van der Waals surface area contributed by atoms with Crippen LogP contribution in [0.3, 0.4) is 0 Å². The van der Waals surface area contributed by atoms with E-state index in [9.17, 15) is 4.79 Å². The first-order valence-corrected chi connectivity index (χ1v) is 16.3. The highest BCUT2D eigenvalue weighted by Crippen LogP contribution is 2.50. The van der Waals surface area contributed by atoms with Crippen LogP contribution < -0.4 is 20.1 Å². The molecule has 3 fully saturated rings.